The molecule has 0 saturated carbocycles. The predicted octanol–water partition coefficient (Wildman–Crippen LogP) is 2.65. The van der Waals surface area contributed by atoms with Crippen molar-refractivity contribution in [3.8, 4) is 5.75 Å². The fraction of sp³-hybridized carbons (Fsp3) is 0.533. The molecule has 0 aliphatic rings. The van der Waals surface area contributed by atoms with Crippen molar-refractivity contribution in [2.45, 2.75) is 26.3 Å². The quantitative estimate of drug-likeness (QED) is 0.570. The largest absolute Gasteiger partial charge is 0.497 e. The molecule has 1 aromatic carbocycles. The van der Waals surface area contributed by atoms with Gasteiger partial charge in [-0.05, 0) is 50.2 Å². The Kier molecular flexibility index (Phi) is 7.99. The Bertz CT molecular complexity index is 395. The summed E-state index contributed by atoms with van der Waals surface area (Å²) in [6, 6.07) is 8.13. The van der Waals surface area contributed by atoms with E-state index in [2.05, 4.69) is 17.6 Å². The molecule has 1 atom stereocenters. The van der Waals surface area contributed by atoms with Crippen LogP contribution in [0.3, 0.4) is 0 Å². The van der Waals surface area contributed by atoms with Gasteiger partial charge in [0.25, 0.3) is 0 Å². The van der Waals surface area contributed by atoms with Crippen LogP contribution >= 0.6 is 12.2 Å². The lowest BCUT2D eigenvalue weighted by molar-refractivity contribution is 0.145. The number of methoxy groups -OCH3 is 1. The summed E-state index contributed by atoms with van der Waals surface area (Å²) in [6.45, 7) is 6.42. The van der Waals surface area contributed by atoms with Crippen LogP contribution in [0.15, 0.2) is 24.3 Å². The van der Waals surface area contributed by atoms with E-state index in [9.17, 15) is 0 Å². The van der Waals surface area contributed by atoms with Crippen molar-refractivity contribution < 1.29 is 9.47 Å². The summed E-state index contributed by atoms with van der Waals surface area (Å²) >= 11 is 5.27. The third kappa shape index (κ3) is 6.21. The molecule has 0 spiro atoms. The molecule has 0 bridgehead atoms. The van der Waals surface area contributed by atoms with Crippen molar-refractivity contribution in [1.82, 2.24) is 10.6 Å². The minimum atomic E-state index is 0.160. The number of rotatable bonds is 8. The Morgan fingerprint density at radius 3 is 2.60 bits per heavy atom. The van der Waals surface area contributed by atoms with Crippen molar-refractivity contribution in [2.75, 3.05) is 26.9 Å². The van der Waals surface area contributed by atoms with E-state index in [4.69, 9.17) is 21.7 Å². The highest BCUT2D eigenvalue weighted by Gasteiger charge is 2.06. The molecule has 0 aliphatic heterocycles. The lowest BCUT2D eigenvalue weighted by Gasteiger charge is -2.17. The van der Waals surface area contributed by atoms with Gasteiger partial charge in [-0.2, -0.15) is 0 Å². The van der Waals surface area contributed by atoms with Crippen LogP contribution in [-0.4, -0.2) is 32.0 Å². The molecule has 0 saturated heterocycles. The Hall–Kier alpha value is -1.33. The predicted molar refractivity (Wildman–Crippen MR) is 86.3 cm³/mol. The second-order valence-electron chi connectivity index (χ2n) is 4.45. The van der Waals surface area contributed by atoms with Crippen LogP contribution in [-0.2, 0) is 4.74 Å². The third-order valence-corrected chi connectivity index (χ3v) is 3.18. The first-order chi connectivity index (χ1) is 9.67. The van der Waals surface area contributed by atoms with Gasteiger partial charge in [0.15, 0.2) is 5.11 Å². The van der Waals surface area contributed by atoms with Crippen molar-refractivity contribution in [2.24, 2.45) is 0 Å². The molecule has 1 aromatic rings. The zero-order valence-electron chi connectivity index (χ0n) is 12.4. The fourth-order valence-corrected chi connectivity index (χ4v) is 2.02. The van der Waals surface area contributed by atoms with Gasteiger partial charge in [-0.15, -0.1) is 0 Å². The highest BCUT2D eigenvalue weighted by atomic mass is 32.1. The molecule has 0 amide bonds. The lowest BCUT2D eigenvalue weighted by atomic mass is 10.1. The molecule has 1 rings (SSSR count). The molecule has 4 nitrogen and oxygen atoms in total. The second-order valence-corrected chi connectivity index (χ2v) is 4.85. The molecular formula is C15H24N2O2S. The van der Waals surface area contributed by atoms with Gasteiger partial charge in [0, 0.05) is 19.8 Å². The Balaban J connectivity index is 2.29. The van der Waals surface area contributed by atoms with Gasteiger partial charge in [0.2, 0.25) is 0 Å². The molecule has 1 unspecified atom stereocenters. The summed E-state index contributed by atoms with van der Waals surface area (Å²) in [4.78, 5) is 0. The average Bonchev–Trinajstić information content (AvgIpc) is 2.47. The van der Waals surface area contributed by atoms with E-state index < -0.39 is 0 Å². The smallest absolute Gasteiger partial charge is 0.166 e. The topological polar surface area (TPSA) is 42.5 Å². The maximum atomic E-state index is 5.27. The van der Waals surface area contributed by atoms with E-state index >= 15 is 0 Å². The van der Waals surface area contributed by atoms with Gasteiger partial charge in [-0.25, -0.2) is 0 Å². The summed E-state index contributed by atoms with van der Waals surface area (Å²) in [5.41, 5.74) is 1.17. The minimum absolute atomic E-state index is 0.160. The van der Waals surface area contributed by atoms with Crippen molar-refractivity contribution >= 4 is 17.3 Å². The minimum Gasteiger partial charge on any atom is -0.497 e. The van der Waals surface area contributed by atoms with E-state index in [1.165, 1.54) is 5.56 Å². The summed E-state index contributed by atoms with van der Waals surface area (Å²) in [5.74, 6) is 0.859. The number of thiocarbonyl (C=S) groups is 1. The first-order valence-corrected chi connectivity index (χ1v) is 7.34. The van der Waals surface area contributed by atoms with Gasteiger partial charge in [-0.3, -0.25) is 0 Å². The van der Waals surface area contributed by atoms with Crippen LogP contribution in [0, 0.1) is 0 Å². The molecule has 0 radical (unpaired) electrons. The second kappa shape index (κ2) is 9.55. The summed E-state index contributed by atoms with van der Waals surface area (Å²) in [6.07, 6.45) is 0.951. The fourth-order valence-electron chi connectivity index (χ4n) is 1.74. The van der Waals surface area contributed by atoms with Crippen molar-refractivity contribution in [3.63, 3.8) is 0 Å². The van der Waals surface area contributed by atoms with Crippen molar-refractivity contribution in [3.05, 3.63) is 29.8 Å². The number of hydrogen-bond donors (Lipinski definition) is 2. The number of ether oxygens (including phenoxy) is 2. The lowest BCUT2D eigenvalue weighted by Crippen LogP contribution is -2.37. The molecular weight excluding hydrogens is 272 g/mol. The van der Waals surface area contributed by atoms with Gasteiger partial charge in [0.1, 0.15) is 5.75 Å². The van der Waals surface area contributed by atoms with Gasteiger partial charge in [0.05, 0.1) is 13.2 Å². The van der Waals surface area contributed by atoms with Crippen LogP contribution < -0.4 is 15.4 Å². The molecule has 5 heteroatoms. The monoisotopic (exact) mass is 296 g/mol. The van der Waals surface area contributed by atoms with E-state index in [1.54, 1.807) is 7.11 Å². The maximum absolute atomic E-state index is 5.27. The number of benzene rings is 1. The van der Waals surface area contributed by atoms with Crippen LogP contribution in [0.5, 0.6) is 5.75 Å². The average molecular weight is 296 g/mol. The zero-order chi connectivity index (χ0) is 14.8. The standard InChI is InChI=1S/C15H24N2O2S/c1-4-19-11-5-10-16-15(20)17-12(2)13-6-8-14(18-3)9-7-13/h6-9,12H,4-5,10-11H2,1-3H3,(H2,16,17,20). The first kappa shape index (κ1) is 16.7. The molecule has 0 fully saturated rings. The van der Waals surface area contributed by atoms with Gasteiger partial charge in [-0.1, -0.05) is 12.1 Å². The highest BCUT2D eigenvalue weighted by molar-refractivity contribution is 7.80. The summed E-state index contributed by atoms with van der Waals surface area (Å²) in [5, 5.41) is 7.11. The molecule has 0 aromatic heterocycles. The first-order valence-electron chi connectivity index (χ1n) is 6.93. The highest BCUT2D eigenvalue weighted by Crippen LogP contribution is 2.16. The van der Waals surface area contributed by atoms with Crippen molar-refractivity contribution in [1.29, 1.82) is 0 Å². The SMILES string of the molecule is CCOCCCNC(=S)NC(C)c1ccc(OC)cc1. The Labute approximate surface area is 126 Å². The Morgan fingerprint density at radius 2 is 2.00 bits per heavy atom. The van der Waals surface area contributed by atoms with E-state index in [0.29, 0.717) is 5.11 Å². The molecule has 0 heterocycles. The van der Waals surface area contributed by atoms with Gasteiger partial charge >= 0.3 is 0 Å². The van der Waals surface area contributed by atoms with E-state index in [-0.39, 0.29) is 6.04 Å². The number of hydrogen-bond acceptors (Lipinski definition) is 3. The third-order valence-electron chi connectivity index (χ3n) is 2.92. The molecule has 112 valence electrons. The number of nitrogens with one attached hydrogen (secondary N) is 2. The summed E-state index contributed by atoms with van der Waals surface area (Å²) < 4.78 is 10.4. The molecule has 2 N–H and O–H groups in total. The summed E-state index contributed by atoms with van der Waals surface area (Å²) in [7, 11) is 1.66. The van der Waals surface area contributed by atoms with Crippen LogP contribution in [0.2, 0.25) is 0 Å². The van der Waals surface area contributed by atoms with E-state index in [1.807, 2.05) is 31.2 Å². The molecule has 20 heavy (non-hydrogen) atoms. The van der Waals surface area contributed by atoms with Crippen LogP contribution in [0.1, 0.15) is 31.9 Å². The Morgan fingerprint density at radius 1 is 1.30 bits per heavy atom. The van der Waals surface area contributed by atoms with Crippen LogP contribution in [0.25, 0.3) is 0 Å². The maximum Gasteiger partial charge on any atom is 0.166 e. The zero-order valence-corrected chi connectivity index (χ0v) is 13.3. The normalized spacial score (nSPS) is 11.8. The van der Waals surface area contributed by atoms with E-state index in [0.717, 1.165) is 31.9 Å². The molecule has 0 aliphatic carbocycles. The van der Waals surface area contributed by atoms with Gasteiger partial charge < -0.3 is 20.1 Å². The van der Waals surface area contributed by atoms with Crippen LogP contribution in [0.4, 0.5) is 0 Å².